The number of likely N-dealkylation sites (tertiary alicyclic amines) is 1. The number of nitrogens with one attached hydrogen (secondary N) is 1. The minimum atomic E-state index is 0.0419. The molecule has 1 saturated heterocycles. The van der Waals surface area contributed by atoms with E-state index in [0.717, 1.165) is 55.5 Å². The molecule has 4 rings (SSSR count). The summed E-state index contributed by atoms with van der Waals surface area (Å²) in [5.41, 5.74) is 2.95. The number of hydrazone groups is 1. The van der Waals surface area contributed by atoms with E-state index in [0.29, 0.717) is 6.04 Å². The van der Waals surface area contributed by atoms with Crippen LogP contribution in [0.2, 0.25) is 0 Å². The quantitative estimate of drug-likeness (QED) is 0.927. The highest BCUT2D eigenvalue weighted by molar-refractivity contribution is 5.95. The van der Waals surface area contributed by atoms with E-state index in [1.54, 1.807) is 0 Å². The monoisotopic (exact) mass is 312 g/mol. The van der Waals surface area contributed by atoms with Crippen molar-refractivity contribution in [2.45, 2.75) is 44.7 Å². The third-order valence-corrected chi connectivity index (χ3v) is 5.02. The first-order chi connectivity index (χ1) is 11.2. The molecule has 0 aromatic heterocycles. The Bertz CT molecular complexity index is 620. The van der Waals surface area contributed by atoms with E-state index in [1.165, 1.54) is 12.8 Å². The predicted molar refractivity (Wildman–Crippen MR) is 92.0 cm³/mol. The lowest BCUT2D eigenvalue weighted by molar-refractivity contribution is 0.0937. The number of carbonyl (C=O) groups is 1. The van der Waals surface area contributed by atoms with Crippen LogP contribution in [0.4, 0.5) is 5.69 Å². The van der Waals surface area contributed by atoms with Gasteiger partial charge in [0.2, 0.25) is 0 Å². The van der Waals surface area contributed by atoms with Gasteiger partial charge in [0.05, 0.1) is 5.69 Å². The second-order valence-electron chi connectivity index (χ2n) is 6.94. The van der Waals surface area contributed by atoms with Crippen molar-refractivity contribution in [1.82, 2.24) is 10.2 Å². The molecule has 1 aliphatic carbocycles. The number of nitrogens with zero attached hydrogens (tertiary/aromatic N) is 3. The van der Waals surface area contributed by atoms with Crippen LogP contribution >= 0.6 is 0 Å². The van der Waals surface area contributed by atoms with Gasteiger partial charge >= 0.3 is 0 Å². The van der Waals surface area contributed by atoms with E-state index in [1.807, 2.05) is 36.2 Å². The van der Waals surface area contributed by atoms with Gasteiger partial charge < -0.3 is 5.32 Å². The van der Waals surface area contributed by atoms with Gasteiger partial charge in [0.1, 0.15) is 0 Å². The molecule has 1 N–H and O–H groups in total. The van der Waals surface area contributed by atoms with Crippen LogP contribution in [0.15, 0.2) is 29.4 Å². The summed E-state index contributed by atoms with van der Waals surface area (Å²) in [6.07, 6.45) is 4.75. The summed E-state index contributed by atoms with van der Waals surface area (Å²) >= 11 is 0. The third-order valence-electron chi connectivity index (χ3n) is 5.02. The average molecular weight is 312 g/mol. The third kappa shape index (κ3) is 3.24. The van der Waals surface area contributed by atoms with Crippen molar-refractivity contribution in [3.8, 4) is 0 Å². The molecule has 0 unspecified atom stereocenters. The van der Waals surface area contributed by atoms with Crippen molar-refractivity contribution >= 4 is 17.3 Å². The van der Waals surface area contributed by atoms with Crippen molar-refractivity contribution in [3.63, 3.8) is 0 Å². The van der Waals surface area contributed by atoms with Gasteiger partial charge in [-0.05, 0) is 50.5 Å². The molecule has 1 saturated carbocycles. The number of hydrogen-bond acceptors (Lipinski definition) is 4. The molecular weight excluding hydrogens is 288 g/mol. The fourth-order valence-electron chi connectivity index (χ4n) is 3.49. The lowest BCUT2D eigenvalue weighted by Gasteiger charge is -2.16. The summed E-state index contributed by atoms with van der Waals surface area (Å²) in [4.78, 5) is 14.9. The Balaban J connectivity index is 1.35. The largest absolute Gasteiger partial charge is 0.348 e. The van der Waals surface area contributed by atoms with E-state index < -0.39 is 0 Å². The Morgan fingerprint density at radius 2 is 1.96 bits per heavy atom. The van der Waals surface area contributed by atoms with E-state index in [2.05, 4.69) is 15.3 Å². The molecule has 2 heterocycles. The van der Waals surface area contributed by atoms with Gasteiger partial charge in [-0.3, -0.25) is 14.7 Å². The molecule has 1 amide bonds. The van der Waals surface area contributed by atoms with Crippen molar-refractivity contribution in [2.75, 3.05) is 24.6 Å². The van der Waals surface area contributed by atoms with Crippen molar-refractivity contribution in [3.05, 3.63) is 29.8 Å². The zero-order chi connectivity index (χ0) is 15.8. The van der Waals surface area contributed by atoms with Crippen LogP contribution in [0, 0.1) is 0 Å². The molecule has 2 aliphatic heterocycles. The van der Waals surface area contributed by atoms with Gasteiger partial charge in [0.15, 0.2) is 0 Å². The average Bonchev–Trinajstić information content (AvgIpc) is 3.16. The van der Waals surface area contributed by atoms with Crippen molar-refractivity contribution in [1.29, 1.82) is 0 Å². The summed E-state index contributed by atoms with van der Waals surface area (Å²) in [6.45, 7) is 5.11. The summed E-state index contributed by atoms with van der Waals surface area (Å²) in [7, 11) is 0. The standard InChI is InChI=1S/C18H24N4O/c1-13-8-11-22(20-13)17-4-2-14(3-5-17)18(23)19-15-9-10-21(12-15)16-6-7-16/h2-5,15-16H,6-12H2,1H3,(H,19,23)/t15-/m1/s1. The fourth-order valence-corrected chi connectivity index (χ4v) is 3.49. The summed E-state index contributed by atoms with van der Waals surface area (Å²) in [5.74, 6) is 0.0419. The molecule has 5 heteroatoms. The molecule has 1 aromatic carbocycles. The van der Waals surface area contributed by atoms with Crippen LogP contribution in [-0.4, -0.2) is 48.2 Å². The second kappa shape index (κ2) is 5.96. The second-order valence-corrected chi connectivity index (χ2v) is 6.94. The number of amides is 1. The molecular formula is C18H24N4O. The zero-order valence-electron chi connectivity index (χ0n) is 13.7. The highest BCUT2D eigenvalue weighted by Gasteiger charge is 2.34. The highest BCUT2D eigenvalue weighted by atomic mass is 16.1. The lowest BCUT2D eigenvalue weighted by atomic mass is 10.1. The number of carbonyl (C=O) groups excluding carboxylic acids is 1. The lowest BCUT2D eigenvalue weighted by Crippen LogP contribution is -2.37. The maximum atomic E-state index is 12.4. The Kier molecular flexibility index (Phi) is 3.81. The first-order valence-electron chi connectivity index (χ1n) is 8.65. The Hall–Kier alpha value is -1.88. The molecule has 23 heavy (non-hydrogen) atoms. The molecule has 0 spiro atoms. The molecule has 1 aromatic rings. The molecule has 122 valence electrons. The van der Waals surface area contributed by atoms with Gasteiger partial charge in [0.25, 0.3) is 5.91 Å². The molecule has 2 fully saturated rings. The van der Waals surface area contributed by atoms with Gasteiger partial charge in [-0.2, -0.15) is 5.10 Å². The van der Waals surface area contributed by atoms with E-state index in [-0.39, 0.29) is 5.91 Å². The number of benzene rings is 1. The SMILES string of the molecule is CC1=NN(c2ccc(C(=O)N[C@@H]3CCN(C4CC4)C3)cc2)CC1. The van der Waals surface area contributed by atoms with Crippen LogP contribution in [0.5, 0.6) is 0 Å². The number of rotatable bonds is 4. The smallest absolute Gasteiger partial charge is 0.251 e. The summed E-state index contributed by atoms with van der Waals surface area (Å²) in [5, 5.41) is 9.67. The van der Waals surface area contributed by atoms with Crippen LogP contribution in [-0.2, 0) is 0 Å². The van der Waals surface area contributed by atoms with Crippen LogP contribution in [0.3, 0.4) is 0 Å². The number of anilines is 1. The predicted octanol–water partition coefficient (Wildman–Crippen LogP) is 2.24. The Morgan fingerprint density at radius 1 is 1.17 bits per heavy atom. The molecule has 1 atom stereocenters. The van der Waals surface area contributed by atoms with Gasteiger partial charge in [0, 0.05) is 49.4 Å². The molecule has 5 nitrogen and oxygen atoms in total. The maximum absolute atomic E-state index is 12.4. The van der Waals surface area contributed by atoms with Crippen molar-refractivity contribution in [2.24, 2.45) is 5.10 Å². The topological polar surface area (TPSA) is 47.9 Å². The first kappa shape index (κ1) is 14.7. The number of hydrogen-bond donors (Lipinski definition) is 1. The Labute approximate surface area is 137 Å². The van der Waals surface area contributed by atoms with E-state index >= 15 is 0 Å². The van der Waals surface area contributed by atoms with Gasteiger partial charge in [-0.1, -0.05) is 0 Å². The van der Waals surface area contributed by atoms with Crippen LogP contribution in [0.25, 0.3) is 0 Å². The van der Waals surface area contributed by atoms with E-state index in [9.17, 15) is 4.79 Å². The first-order valence-corrected chi connectivity index (χ1v) is 8.65. The van der Waals surface area contributed by atoms with E-state index in [4.69, 9.17) is 0 Å². The minimum Gasteiger partial charge on any atom is -0.348 e. The van der Waals surface area contributed by atoms with Gasteiger partial charge in [-0.15, -0.1) is 0 Å². The van der Waals surface area contributed by atoms with Crippen LogP contribution in [0.1, 0.15) is 43.0 Å². The molecule has 3 aliphatic rings. The highest BCUT2D eigenvalue weighted by Crippen LogP contribution is 2.29. The summed E-state index contributed by atoms with van der Waals surface area (Å²) in [6, 6.07) is 8.88. The maximum Gasteiger partial charge on any atom is 0.251 e. The van der Waals surface area contributed by atoms with Crippen LogP contribution < -0.4 is 10.3 Å². The Morgan fingerprint density at radius 3 is 2.61 bits per heavy atom. The molecule has 0 bridgehead atoms. The minimum absolute atomic E-state index is 0.0419. The van der Waals surface area contributed by atoms with Gasteiger partial charge in [-0.25, -0.2) is 0 Å². The normalized spacial score (nSPS) is 24.8. The van der Waals surface area contributed by atoms with Crippen molar-refractivity contribution < 1.29 is 4.79 Å². The fraction of sp³-hybridized carbons (Fsp3) is 0.556. The summed E-state index contributed by atoms with van der Waals surface area (Å²) < 4.78 is 0. The zero-order valence-corrected chi connectivity index (χ0v) is 13.7. The molecule has 0 radical (unpaired) electrons.